The molecule has 1 saturated carbocycles. The fraction of sp³-hybridized carbons (Fsp3) is 0.900. The number of hydrogen-bond acceptors (Lipinski definition) is 2. The second-order valence-corrected chi connectivity index (χ2v) is 6.04. The van der Waals surface area contributed by atoms with E-state index in [0.29, 0.717) is 17.3 Å². The van der Waals surface area contributed by atoms with E-state index in [-0.39, 0.29) is 5.91 Å². The quantitative estimate of drug-likeness (QED) is 0.802. The van der Waals surface area contributed by atoms with Crippen LogP contribution in [0, 0.1) is 0 Å². The number of hydrogen-bond donors (Lipinski definition) is 1. The number of amides is 1. The van der Waals surface area contributed by atoms with Gasteiger partial charge in [-0.3, -0.25) is 4.79 Å². The summed E-state index contributed by atoms with van der Waals surface area (Å²) < 4.78 is 0. The van der Waals surface area contributed by atoms with Crippen molar-refractivity contribution in [3.8, 4) is 0 Å². The van der Waals surface area contributed by atoms with Crippen LogP contribution in [0.4, 0.5) is 0 Å². The maximum atomic E-state index is 11.4. The molecule has 1 amide bonds. The predicted molar refractivity (Wildman–Crippen MR) is 66.1 cm³/mol. The summed E-state index contributed by atoms with van der Waals surface area (Å²) in [6.07, 6.45) is 7.32. The average Bonchev–Trinajstić information content (AvgIpc) is 2.18. The number of alkyl halides is 1. The molecule has 4 heteroatoms. The van der Waals surface area contributed by atoms with E-state index >= 15 is 0 Å². The van der Waals surface area contributed by atoms with Gasteiger partial charge in [-0.25, -0.2) is 0 Å². The first kappa shape index (κ1) is 12.4. The normalized spacial score (nSPS) is 27.3. The lowest BCUT2D eigenvalue weighted by Crippen LogP contribution is -2.37. The number of halogens is 1. The number of rotatable bonds is 4. The summed E-state index contributed by atoms with van der Waals surface area (Å²) in [6, 6.07) is 0.429. The summed E-state index contributed by atoms with van der Waals surface area (Å²) >= 11 is 5.33. The Morgan fingerprint density at radius 1 is 1.43 bits per heavy atom. The molecule has 1 aliphatic rings. The lowest BCUT2D eigenvalue weighted by atomic mass is 9.95. The Morgan fingerprint density at radius 3 is 2.64 bits per heavy atom. The molecule has 14 heavy (non-hydrogen) atoms. The number of carbonyl (C=O) groups is 1. The molecule has 0 aromatic rings. The van der Waals surface area contributed by atoms with Gasteiger partial charge in [0.1, 0.15) is 0 Å². The topological polar surface area (TPSA) is 29.1 Å². The van der Waals surface area contributed by atoms with Crippen molar-refractivity contribution in [2.45, 2.75) is 43.0 Å². The number of carbonyl (C=O) groups excluding carboxylic acids is 1. The molecule has 0 radical (unpaired) electrons. The van der Waals surface area contributed by atoms with Crippen LogP contribution < -0.4 is 5.32 Å². The molecule has 0 aromatic heterocycles. The molecule has 0 bridgehead atoms. The number of nitrogens with one attached hydrogen (secondary N) is 1. The van der Waals surface area contributed by atoms with Crippen molar-refractivity contribution in [1.82, 2.24) is 5.32 Å². The van der Waals surface area contributed by atoms with Gasteiger partial charge in [0.25, 0.3) is 0 Å². The van der Waals surface area contributed by atoms with Crippen LogP contribution in [0.25, 0.3) is 0 Å². The molecule has 1 aliphatic carbocycles. The Kier molecular flexibility index (Phi) is 5.94. The minimum Gasteiger partial charge on any atom is -0.353 e. The highest BCUT2D eigenvalue weighted by Gasteiger charge is 2.20. The largest absolute Gasteiger partial charge is 0.353 e. The van der Waals surface area contributed by atoms with Crippen molar-refractivity contribution in [1.29, 1.82) is 0 Å². The predicted octanol–water partition coefficient (Wildman–Crippen LogP) is 2.56. The second-order valence-electron chi connectivity index (χ2n) is 3.76. The zero-order valence-electron chi connectivity index (χ0n) is 8.59. The highest BCUT2D eigenvalue weighted by atomic mass is 79.9. The van der Waals surface area contributed by atoms with E-state index in [2.05, 4.69) is 21.2 Å². The fourth-order valence-corrected chi connectivity index (χ4v) is 2.61. The SMILES string of the molecule is CSCCC(=O)NC1CCC(Br)CC1. The molecule has 1 N–H and O–H groups in total. The maximum absolute atomic E-state index is 11.4. The molecule has 1 rings (SSSR count). The van der Waals surface area contributed by atoms with E-state index < -0.39 is 0 Å². The van der Waals surface area contributed by atoms with Crippen LogP contribution in [0.5, 0.6) is 0 Å². The Labute approximate surface area is 98.7 Å². The van der Waals surface area contributed by atoms with Gasteiger partial charge in [0.2, 0.25) is 5.91 Å². The van der Waals surface area contributed by atoms with Gasteiger partial charge in [0.15, 0.2) is 0 Å². The van der Waals surface area contributed by atoms with Gasteiger partial charge < -0.3 is 5.32 Å². The van der Waals surface area contributed by atoms with Crippen molar-refractivity contribution >= 4 is 33.6 Å². The van der Waals surface area contributed by atoms with Gasteiger partial charge in [-0.15, -0.1) is 0 Å². The molecular weight excluding hydrogens is 262 g/mol. The van der Waals surface area contributed by atoms with Gasteiger partial charge in [-0.1, -0.05) is 15.9 Å². The summed E-state index contributed by atoms with van der Waals surface area (Å²) in [5, 5.41) is 3.10. The third-order valence-corrected chi connectivity index (χ3v) is 4.08. The van der Waals surface area contributed by atoms with E-state index in [1.807, 2.05) is 6.26 Å². The third-order valence-electron chi connectivity index (χ3n) is 2.56. The monoisotopic (exact) mass is 279 g/mol. The van der Waals surface area contributed by atoms with E-state index in [9.17, 15) is 4.79 Å². The molecule has 0 unspecified atom stereocenters. The lowest BCUT2D eigenvalue weighted by molar-refractivity contribution is -0.121. The average molecular weight is 280 g/mol. The molecule has 0 spiro atoms. The molecule has 0 heterocycles. The Hall–Kier alpha value is 0.300. The van der Waals surface area contributed by atoms with Crippen molar-refractivity contribution < 1.29 is 4.79 Å². The van der Waals surface area contributed by atoms with E-state index in [0.717, 1.165) is 18.6 Å². The highest BCUT2D eigenvalue weighted by Crippen LogP contribution is 2.24. The molecule has 0 aliphatic heterocycles. The molecule has 0 saturated heterocycles. The Morgan fingerprint density at radius 2 is 2.07 bits per heavy atom. The van der Waals surface area contributed by atoms with Crippen molar-refractivity contribution in [3.63, 3.8) is 0 Å². The minimum absolute atomic E-state index is 0.220. The van der Waals surface area contributed by atoms with E-state index in [1.165, 1.54) is 12.8 Å². The molecular formula is C10H18BrNOS. The fourth-order valence-electron chi connectivity index (χ4n) is 1.69. The Bertz CT molecular complexity index is 181. The van der Waals surface area contributed by atoms with Gasteiger partial charge >= 0.3 is 0 Å². The summed E-state index contributed by atoms with van der Waals surface area (Å²) in [7, 11) is 0. The zero-order chi connectivity index (χ0) is 10.4. The maximum Gasteiger partial charge on any atom is 0.221 e. The summed E-state index contributed by atoms with van der Waals surface area (Å²) in [6.45, 7) is 0. The molecule has 0 aromatic carbocycles. The summed E-state index contributed by atoms with van der Waals surface area (Å²) in [5.74, 6) is 1.15. The van der Waals surface area contributed by atoms with Crippen LogP contribution in [0.3, 0.4) is 0 Å². The Balaban J connectivity index is 2.14. The van der Waals surface area contributed by atoms with Crippen LogP contribution in [-0.4, -0.2) is 28.8 Å². The van der Waals surface area contributed by atoms with Crippen molar-refractivity contribution in [2.24, 2.45) is 0 Å². The summed E-state index contributed by atoms with van der Waals surface area (Å²) in [4.78, 5) is 12.1. The van der Waals surface area contributed by atoms with Crippen LogP contribution in [-0.2, 0) is 4.79 Å². The van der Waals surface area contributed by atoms with Crippen LogP contribution in [0.2, 0.25) is 0 Å². The first-order chi connectivity index (χ1) is 6.72. The minimum atomic E-state index is 0.220. The third kappa shape index (κ3) is 4.69. The molecule has 1 fully saturated rings. The molecule has 2 nitrogen and oxygen atoms in total. The van der Waals surface area contributed by atoms with Gasteiger partial charge in [-0.2, -0.15) is 11.8 Å². The zero-order valence-corrected chi connectivity index (χ0v) is 11.0. The van der Waals surface area contributed by atoms with Gasteiger partial charge in [0, 0.05) is 23.0 Å². The standard InChI is InChI=1S/C10H18BrNOS/c1-14-7-6-10(13)12-9-4-2-8(11)3-5-9/h8-9H,2-7H2,1H3,(H,12,13). The molecule has 82 valence electrons. The van der Waals surface area contributed by atoms with Crippen molar-refractivity contribution in [3.05, 3.63) is 0 Å². The van der Waals surface area contributed by atoms with Crippen LogP contribution in [0.15, 0.2) is 0 Å². The van der Waals surface area contributed by atoms with Crippen LogP contribution >= 0.6 is 27.7 Å². The first-order valence-electron chi connectivity index (χ1n) is 5.14. The summed E-state index contributed by atoms with van der Waals surface area (Å²) in [5.41, 5.74) is 0. The van der Waals surface area contributed by atoms with E-state index in [4.69, 9.17) is 0 Å². The second kappa shape index (κ2) is 6.72. The van der Waals surface area contributed by atoms with Crippen LogP contribution in [0.1, 0.15) is 32.1 Å². The highest BCUT2D eigenvalue weighted by molar-refractivity contribution is 9.09. The first-order valence-corrected chi connectivity index (χ1v) is 7.45. The van der Waals surface area contributed by atoms with Gasteiger partial charge in [-0.05, 0) is 31.9 Å². The van der Waals surface area contributed by atoms with E-state index in [1.54, 1.807) is 11.8 Å². The van der Waals surface area contributed by atoms with Crippen molar-refractivity contribution in [2.75, 3.05) is 12.0 Å². The number of thioether (sulfide) groups is 1. The smallest absolute Gasteiger partial charge is 0.221 e. The molecule has 0 atom stereocenters. The lowest BCUT2D eigenvalue weighted by Gasteiger charge is -2.25. The van der Waals surface area contributed by atoms with Gasteiger partial charge in [0.05, 0.1) is 0 Å².